The summed E-state index contributed by atoms with van der Waals surface area (Å²) in [5.41, 5.74) is 0.183. The number of benzene rings is 2. The van der Waals surface area contributed by atoms with Crippen LogP contribution in [0.5, 0.6) is 0 Å². The number of likely N-dealkylation sites (N-methyl/N-ethyl adjacent to an activating group) is 1. The van der Waals surface area contributed by atoms with Gasteiger partial charge in [0.05, 0.1) is 10.5 Å². The molecule has 1 heterocycles. The van der Waals surface area contributed by atoms with Crippen molar-refractivity contribution in [2.24, 2.45) is 0 Å². The summed E-state index contributed by atoms with van der Waals surface area (Å²) in [7, 11) is 0. The molecule has 0 N–H and O–H groups in total. The van der Waals surface area contributed by atoms with E-state index in [1.807, 2.05) is 30.3 Å². The number of imide groups is 1. The molecule has 0 aromatic heterocycles. The summed E-state index contributed by atoms with van der Waals surface area (Å²) in [5, 5.41) is 11.1. The lowest BCUT2D eigenvalue weighted by Gasteiger charge is -2.23. The molecule has 0 bridgehead atoms. The number of fused-ring (bicyclic) bond motifs is 1. The molecule has 0 fully saturated rings. The van der Waals surface area contributed by atoms with E-state index < -0.39 is 34.9 Å². The summed E-state index contributed by atoms with van der Waals surface area (Å²) in [4.78, 5) is 50.4. The smallest absolute Gasteiger partial charge is 0.282 e. The summed E-state index contributed by atoms with van der Waals surface area (Å²) >= 11 is 0. The monoisotopic (exact) mass is 367 g/mol. The molecule has 2 aromatic carbocycles. The molecule has 138 valence electrons. The molecule has 0 radical (unpaired) electrons. The highest BCUT2D eigenvalue weighted by Gasteiger charge is 2.42. The largest absolute Gasteiger partial charge is 0.337 e. The van der Waals surface area contributed by atoms with Crippen molar-refractivity contribution in [3.63, 3.8) is 0 Å². The molecule has 3 amide bonds. The van der Waals surface area contributed by atoms with E-state index in [9.17, 15) is 24.5 Å². The van der Waals surface area contributed by atoms with Crippen LogP contribution < -0.4 is 0 Å². The van der Waals surface area contributed by atoms with Crippen molar-refractivity contribution in [3.05, 3.63) is 75.3 Å². The van der Waals surface area contributed by atoms with Gasteiger partial charge in [0, 0.05) is 19.2 Å². The molecule has 0 atom stereocenters. The van der Waals surface area contributed by atoms with E-state index in [2.05, 4.69) is 0 Å². The molecule has 0 unspecified atom stereocenters. The van der Waals surface area contributed by atoms with Gasteiger partial charge in [-0.25, -0.2) is 0 Å². The molecular weight excluding hydrogens is 350 g/mol. The molecule has 0 aliphatic carbocycles. The van der Waals surface area contributed by atoms with E-state index in [0.29, 0.717) is 13.1 Å². The van der Waals surface area contributed by atoms with Crippen LogP contribution in [0.25, 0.3) is 0 Å². The van der Waals surface area contributed by atoms with Crippen LogP contribution >= 0.6 is 0 Å². The highest BCUT2D eigenvalue weighted by molar-refractivity contribution is 6.24. The van der Waals surface area contributed by atoms with Gasteiger partial charge in [0.1, 0.15) is 12.1 Å². The van der Waals surface area contributed by atoms with Gasteiger partial charge in [-0.15, -0.1) is 0 Å². The van der Waals surface area contributed by atoms with Gasteiger partial charge in [0.25, 0.3) is 17.5 Å². The van der Waals surface area contributed by atoms with Crippen LogP contribution in [0.3, 0.4) is 0 Å². The van der Waals surface area contributed by atoms with Crippen LogP contribution in [0.1, 0.15) is 33.2 Å². The molecule has 0 saturated heterocycles. The predicted molar refractivity (Wildman–Crippen MR) is 96.0 cm³/mol. The SMILES string of the molecule is CCN(Cc1ccccc1)C(=O)CN1C(=O)c2cccc([N+](=O)[O-])c2C1=O. The van der Waals surface area contributed by atoms with Crippen molar-refractivity contribution >= 4 is 23.4 Å². The number of hydrogen-bond donors (Lipinski definition) is 0. The molecule has 3 rings (SSSR count). The number of nitro benzene ring substituents is 1. The van der Waals surface area contributed by atoms with Crippen molar-refractivity contribution in [1.29, 1.82) is 0 Å². The number of nitrogens with zero attached hydrogens (tertiary/aromatic N) is 3. The van der Waals surface area contributed by atoms with Gasteiger partial charge >= 0.3 is 0 Å². The Kier molecular flexibility index (Phi) is 4.98. The lowest BCUT2D eigenvalue weighted by molar-refractivity contribution is -0.385. The minimum atomic E-state index is -0.814. The average molecular weight is 367 g/mol. The van der Waals surface area contributed by atoms with Crippen LogP contribution in [0, 0.1) is 10.1 Å². The minimum absolute atomic E-state index is 0.0480. The van der Waals surface area contributed by atoms with Crippen molar-refractivity contribution in [2.45, 2.75) is 13.5 Å². The molecule has 1 aliphatic heterocycles. The Hall–Kier alpha value is -3.55. The van der Waals surface area contributed by atoms with Gasteiger partial charge in [-0.3, -0.25) is 29.4 Å². The van der Waals surface area contributed by atoms with E-state index in [4.69, 9.17) is 0 Å². The summed E-state index contributed by atoms with van der Waals surface area (Å²) in [5.74, 6) is -1.91. The molecule has 2 aromatic rings. The van der Waals surface area contributed by atoms with Gasteiger partial charge in [0.15, 0.2) is 0 Å². The topological polar surface area (TPSA) is 101 Å². The fourth-order valence-electron chi connectivity index (χ4n) is 3.03. The Morgan fingerprint density at radius 2 is 1.78 bits per heavy atom. The van der Waals surface area contributed by atoms with E-state index in [1.165, 1.54) is 23.1 Å². The molecule has 0 saturated carbocycles. The maximum Gasteiger partial charge on any atom is 0.282 e. The summed E-state index contributed by atoms with van der Waals surface area (Å²) in [6.45, 7) is 2.09. The Labute approximate surface area is 155 Å². The maximum atomic E-state index is 12.6. The van der Waals surface area contributed by atoms with Crippen molar-refractivity contribution in [2.75, 3.05) is 13.1 Å². The van der Waals surface area contributed by atoms with Gasteiger partial charge in [-0.1, -0.05) is 36.4 Å². The number of rotatable bonds is 6. The number of nitro groups is 1. The Morgan fingerprint density at radius 1 is 1.07 bits per heavy atom. The zero-order chi connectivity index (χ0) is 19.6. The van der Waals surface area contributed by atoms with Crippen LogP contribution in [0.4, 0.5) is 5.69 Å². The highest BCUT2D eigenvalue weighted by atomic mass is 16.6. The van der Waals surface area contributed by atoms with Crippen LogP contribution in [-0.4, -0.2) is 45.5 Å². The minimum Gasteiger partial charge on any atom is -0.337 e. The number of amides is 3. The highest BCUT2D eigenvalue weighted by Crippen LogP contribution is 2.30. The molecule has 8 heteroatoms. The summed E-state index contributed by atoms with van der Waals surface area (Å²) in [6.07, 6.45) is 0. The van der Waals surface area contributed by atoms with Gasteiger partial charge < -0.3 is 4.90 Å². The predicted octanol–water partition coefficient (Wildman–Crippen LogP) is 2.24. The van der Waals surface area contributed by atoms with Crippen molar-refractivity contribution < 1.29 is 19.3 Å². The molecule has 27 heavy (non-hydrogen) atoms. The third kappa shape index (κ3) is 3.41. The van der Waals surface area contributed by atoms with E-state index in [0.717, 1.165) is 10.5 Å². The third-order valence-corrected chi connectivity index (χ3v) is 4.42. The zero-order valence-electron chi connectivity index (χ0n) is 14.6. The van der Waals surface area contributed by atoms with Crippen LogP contribution in [-0.2, 0) is 11.3 Å². The van der Waals surface area contributed by atoms with Gasteiger partial charge in [0.2, 0.25) is 5.91 Å². The summed E-state index contributed by atoms with van der Waals surface area (Å²) in [6, 6.07) is 13.2. The first-order valence-corrected chi connectivity index (χ1v) is 8.39. The normalized spacial score (nSPS) is 12.9. The average Bonchev–Trinajstić information content (AvgIpc) is 2.91. The van der Waals surface area contributed by atoms with Gasteiger partial charge in [-0.05, 0) is 18.6 Å². The molecule has 1 aliphatic rings. The third-order valence-electron chi connectivity index (χ3n) is 4.42. The van der Waals surface area contributed by atoms with Crippen molar-refractivity contribution in [3.8, 4) is 0 Å². The maximum absolute atomic E-state index is 12.6. The fraction of sp³-hybridized carbons (Fsp3) is 0.211. The Morgan fingerprint density at radius 3 is 2.41 bits per heavy atom. The Bertz CT molecular complexity index is 926. The standard InChI is InChI=1S/C19H17N3O5/c1-2-20(11-13-7-4-3-5-8-13)16(23)12-21-18(24)14-9-6-10-15(22(26)27)17(14)19(21)25/h3-10H,2,11-12H2,1H3. The molecular formula is C19H17N3O5. The first-order valence-electron chi connectivity index (χ1n) is 8.39. The van der Waals surface area contributed by atoms with Gasteiger partial charge in [-0.2, -0.15) is 0 Å². The second-order valence-corrected chi connectivity index (χ2v) is 6.05. The van der Waals surface area contributed by atoms with Crippen LogP contribution in [0.15, 0.2) is 48.5 Å². The van der Waals surface area contributed by atoms with E-state index in [-0.39, 0.29) is 11.1 Å². The van der Waals surface area contributed by atoms with E-state index >= 15 is 0 Å². The quantitative estimate of drug-likeness (QED) is 0.443. The summed E-state index contributed by atoms with van der Waals surface area (Å²) < 4.78 is 0. The van der Waals surface area contributed by atoms with Crippen LogP contribution in [0.2, 0.25) is 0 Å². The molecule has 8 nitrogen and oxygen atoms in total. The fourth-order valence-corrected chi connectivity index (χ4v) is 3.03. The lowest BCUT2D eigenvalue weighted by Crippen LogP contribution is -2.42. The second-order valence-electron chi connectivity index (χ2n) is 6.05. The second kappa shape index (κ2) is 7.36. The molecule has 0 spiro atoms. The number of carbonyl (C=O) groups excluding carboxylic acids is 3. The van der Waals surface area contributed by atoms with Crippen molar-refractivity contribution in [1.82, 2.24) is 9.80 Å². The zero-order valence-corrected chi connectivity index (χ0v) is 14.6. The van der Waals surface area contributed by atoms with E-state index in [1.54, 1.807) is 6.92 Å². The Balaban J connectivity index is 1.80. The lowest BCUT2D eigenvalue weighted by atomic mass is 10.1. The number of hydrogen-bond acceptors (Lipinski definition) is 5. The number of carbonyl (C=O) groups is 3. The first kappa shape index (κ1) is 18.2. The first-order chi connectivity index (χ1) is 12.9.